The van der Waals surface area contributed by atoms with Crippen molar-refractivity contribution in [1.29, 1.82) is 0 Å². The lowest BCUT2D eigenvalue weighted by molar-refractivity contribution is 0.0600. The molecule has 0 unspecified atom stereocenters. The molecule has 0 amide bonds. The highest BCUT2D eigenvalue weighted by Crippen LogP contribution is 2.31. The Balaban J connectivity index is 1.77. The predicted octanol–water partition coefficient (Wildman–Crippen LogP) is 4.13. The van der Waals surface area contributed by atoms with Crippen molar-refractivity contribution in [2.75, 3.05) is 14.2 Å². The van der Waals surface area contributed by atoms with E-state index < -0.39 is 11.9 Å². The first-order valence-corrected chi connectivity index (χ1v) is 9.96. The second-order valence-corrected chi connectivity index (χ2v) is 6.87. The standard InChI is InChI=1S/C24H21N3O5/c1-4-27-22-18(14-25-27)17(13-19(26-22)15-8-6-5-7-9-15)24(29)32-20-11-10-16(23(28)31-3)12-21(20)30-2/h5-14H,4H2,1-3H3. The molecule has 32 heavy (non-hydrogen) atoms. The molecule has 8 nitrogen and oxygen atoms in total. The fourth-order valence-corrected chi connectivity index (χ4v) is 3.36. The van der Waals surface area contributed by atoms with Crippen LogP contribution in [0.5, 0.6) is 11.5 Å². The fraction of sp³-hybridized carbons (Fsp3) is 0.167. The van der Waals surface area contributed by atoms with Crippen LogP contribution < -0.4 is 9.47 Å². The molecule has 4 aromatic rings. The first-order valence-electron chi connectivity index (χ1n) is 9.96. The van der Waals surface area contributed by atoms with E-state index in [1.165, 1.54) is 32.4 Å². The summed E-state index contributed by atoms with van der Waals surface area (Å²) in [5, 5.41) is 4.93. The van der Waals surface area contributed by atoms with Crippen LogP contribution in [-0.4, -0.2) is 40.9 Å². The Morgan fingerprint density at radius 3 is 2.44 bits per heavy atom. The summed E-state index contributed by atoms with van der Waals surface area (Å²) in [6.45, 7) is 2.56. The van der Waals surface area contributed by atoms with Gasteiger partial charge in [-0.3, -0.25) is 0 Å². The van der Waals surface area contributed by atoms with E-state index >= 15 is 0 Å². The molecule has 0 N–H and O–H groups in total. The Bertz CT molecular complexity index is 1300. The normalized spacial score (nSPS) is 10.7. The van der Waals surface area contributed by atoms with Gasteiger partial charge in [-0.15, -0.1) is 0 Å². The van der Waals surface area contributed by atoms with Crippen molar-refractivity contribution in [3.63, 3.8) is 0 Å². The number of carbonyl (C=O) groups excluding carboxylic acids is 2. The van der Waals surface area contributed by atoms with Crippen LogP contribution >= 0.6 is 0 Å². The summed E-state index contributed by atoms with van der Waals surface area (Å²) < 4.78 is 17.4. The average Bonchev–Trinajstić information content (AvgIpc) is 3.26. The monoisotopic (exact) mass is 431 g/mol. The lowest BCUT2D eigenvalue weighted by Gasteiger charge is -2.12. The van der Waals surface area contributed by atoms with Crippen molar-refractivity contribution >= 4 is 23.0 Å². The molecule has 0 saturated carbocycles. The van der Waals surface area contributed by atoms with E-state index in [0.717, 1.165) is 5.56 Å². The lowest BCUT2D eigenvalue weighted by Crippen LogP contribution is -2.11. The van der Waals surface area contributed by atoms with Gasteiger partial charge in [0.1, 0.15) is 0 Å². The molecule has 0 fully saturated rings. The van der Waals surface area contributed by atoms with Gasteiger partial charge in [0.05, 0.1) is 42.6 Å². The van der Waals surface area contributed by atoms with Crippen molar-refractivity contribution in [3.05, 3.63) is 71.9 Å². The van der Waals surface area contributed by atoms with Crippen molar-refractivity contribution in [2.45, 2.75) is 13.5 Å². The molecule has 2 aromatic heterocycles. The van der Waals surface area contributed by atoms with Crippen LogP contribution in [0.1, 0.15) is 27.6 Å². The second-order valence-electron chi connectivity index (χ2n) is 6.87. The number of carbonyl (C=O) groups is 2. The van der Waals surface area contributed by atoms with Gasteiger partial charge in [-0.1, -0.05) is 30.3 Å². The number of benzene rings is 2. The molecule has 4 rings (SSSR count). The van der Waals surface area contributed by atoms with E-state index in [9.17, 15) is 9.59 Å². The third kappa shape index (κ3) is 3.90. The quantitative estimate of drug-likeness (QED) is 0.335. The lowest BCUT2D eigenvalue weighted by atomic mass is 10.1. The maximum absolute atomic E-state index is 13.2. The smallest absolute Gasteiger partial charge is 0.344 e. The van der Waals surface area contributed by atoms with Gasteiger partial charge in [-0.2, -0.15) is 5.10 Å². The van der Waals surface area contributed by atoms with E-state index in [4.69, 9.17) is 19.2 Å². The average molecular weight is 431 g/mol. The number of pyridine rings is 1. The number of aromatic nitrogens is 3. The van der Waals surface area contributed by atoms with Crippen LogP contribution in [0.3, 0.4) is 0 Å². The number of nitrogens with zero attached hydrogens (tertiary/aromatic N) is 3. The third-order valence-corrected chi connectivity index (χ3v) is 4.99. The third-order valence-electron chi connectivity index (χ3n) is 4.99. The SMILES string of the molecule is CCn1ncc2c(C(=O)Oc3ccc(C(=O)OC)cc3OC)cc(-c3ccccc3)nc21. The molecule has 0 bridgehead atoms. The molecule has 0 aliphatic heterocycles. The Morgan fingerprint density at radius 2 is 1.75 bits per heavy atom. The van der Waals surface area contributed by atoms with Gasteiger partial charge < -0.3 is 14.2 Å². The largest absolute Gasteiger partial charge is 0.493 e. The summed E-state index contributed by atoms with van der Waals surface area (Å²) in [5.74, 6) is -0.691. The first kappa shape index (κ1) is 21.0. The minimum absolute atomic E-state index is 0.180. The molecule has 8 heteroatoms. The van der Waals surface area contributed by atoms with Crippen LogP contribution in [0.15, 0.2) is 60.8 Å². The van der Waals surface area contributed by atoms with E-state index in [2.05, 4.69) is 5.10 Å². The van der Waals surface area contributed by atoms with Crippen molar-refractivity contribution < 1.29 is 23.8 Å². The van der Waals surface area contributed by atoms with Gasteiger partial charge in [0.25, 0.3) is 0 Å². The number of methoxy groups -OCH3 is 2. The molecule has 0 aliphatic rings. The number of hydrogen-bond donors (Lipinski definition) is 0. The summed E-state index contributed by atoms with van der Waals surface area (Å²) in [6, 6.07) is 15.7. The summed E-state index contributed by atoms with van der Waals surface area (Å²) in [5.41, 5.74) is 2.70. The molecule has 0 spiro atoms. The van der Waals surface area contributed by atoms with Crippen molar-refractivity contribution in [3.8, 4) is 22.8 Å². The van der Waals surface area contributed by atoms with Gasteiger partial charge in [-0.25, -0.2) is 19.3 Å². The van der Waals surface area contributed by atoms with Gasteiger partial charge in [-0.05, 0) is 31.2 Å². The summed E-state index contributed by atoms with van der Waals surface area (Å²) in [7, 11) is 2.72. The number of esters is 2. The van der Waals surface area contributed by atoms with Crippen LogP contribution in [0.25, 0.3) is 22.3 Å². The molecular formula is C24H21N3O5. The molecule has 2 heterocycles. The zero-order valence-electron chi connectivity index (χ0n) is 17.9. The summed E-state index contributed by atoms with van der Waals surface area (Å²) >= 11 is 0. The van der Waals surface area contributed by atoms with Crippen LogP contribution in [0, 0.1) is 0 Å². The highest BCUT2D eigenvalue weighted by molar-refractivity contribution is 6.04. The van der Waals surface area contributed by atoms with Gasteiger partial charge in [0, 0.05) is 12.1 Å². The highest BCUT2D eigenvalue weighted by atomic mass is 16.6. The molecule has 0 atom stereocenters. The number of rotatable bonds is 6. The molecule has 0 saturated heterocycles. The molecule has 0 radical (unpaired) electrons. The van der Waals surface area contributed by atoms with Crippen molar-refractivity contribution in [1.82, 2.24) is 14.8 Å². The maximum Gasteiger partial charge on any atom is 0.344 e. The summed E-state index contributed by atoms with van der Waals surface area (Å²) in [4.78, 5) is 29.7. The zero-order valence-corrected chi connectivity index (χ0v) is 17.9. The number of hydrogen-bond acceptors (Lipinski definition) is 7. The minimum atomic E-state index is -0.589. The summed E-state index contributed by atoms with van der Waals surface area (Å²) in [6.07, 6.45) is 1.61. The van der Waals surface area contributed by atoms with Crippen LogP contribution in [0.4, 0.5) is 0 Å². The zero-order chi connectivity index (χ0) is 22.7. The molecular weight excluding hydrogens is 410 g/mol. The van der Waals surface area contributed by atoms with Crippen LogP contribution in [0.2, 0.25) is 0 Å². The molecule has 2 aromatic carbocycles. The van der Waals surface area contributed by atoms with E-state index in [1.807, 2.05) is 37.3 Å². The van der Waals surface area contributed by atoms with Gasteiger partial charge in [0.15, 0.2) is 17.1 Å². The van der Waals surface area contributed by atoms with E-state index in [1.54, 1.807) is 16.9 Å². The number of ether oxygens (including phenoxy) is 3. The number of aryl methyl sites for hydroxylation is 1. The van der Waals surface area contributed by atoms with E-state index in [-0.39, 0.29) is 17.1 Å². The topological polar surface area (TPSA) is 92.5 Å². The second kappa shape index (κ2) is 8.89. The molecule has 0 aliphatic carbocycles. The Morgan fingerprint density at radius 1 is 0.969 bits per heavy atom. The van der Waals surface area contributed by atoms with Crippen molar-refractivity contribution in [2.24, 2.45) is 0 Å². The van der Waals surface area contributed by atoms with Crippen LogP contribution in [-0.2, 0) is 11.3 Å². The molecule has 162 valence electrons. The maximum atomic E-state index is 13.2. The Hall–Kier alpha value is -4.20. The van der Waals surface area contributed by atoms with Gasteiger partial charge >= 0.3 is 11.9 Å². The number of fused-ring (bicyclic) bond motifs is 1. The Kier molecular flexibility index (Phi) is 5.85. The van der Waals surface area contributed by atoms with E-state index in [0.29, 0.717) is 28.8 Å². The predicted molar refractivity (Wildman–Crippen MR) is 118 cm³/mol. The van der Waals surface area contributed by atoms with Gasteiger partial charge in [0.2, 0.25) is 0 Å². The fourth-order valence-electron chi connectivity index (χ4n) is 3.36. The minimum Gasteiger partial charge on any atom is -0.493 e. The first-order chi connectivity index (χ1) is 15.5. The Labute approximate surface area is 184 Å². The highest BCUT2D eigenvalue weighted by Gasteiger charge is 2.21.